The second kappa shape index (κ2) is 12.5. The Hall–Kier alpha value is -3.13. The minimum absolute atomic E-state index is 0.0197. The van der Waals surface area contributed by atoms with Crippen molar-refractivity contribution in [1.29, 1.82) is 0 Å². The minimum atomic E-state index is -1.60. The fourth-order valence-corrected chi connectivity index (χ4v) is 3.58. The number of aromatic amines is 1. The van der Waals surface area contributed by atoms with Gasteiger partial charge in [0.05, 0.1) is 12.2 Å². The van der Waals surface area contributed by atoms with Crippen LogP contribution >= 0.6 is 12.6 Å². The van der Waals surface area contributed by atoms with Crippen molar-refractivity contribution in [2.45, 2.75) is 56.6 Å². The number of benzene rings is 1. The number of aliphatic hydroxyl groups excluding tert-OH is 2. The van der Waals surface area contributed by atoms with E-state index in [9.17, 15) is 34.5 Å². The van der Waals surface area contributed by atoms with E-state index in [1.165, 1.54) is 13.8 Å². The normalized spacial score (nSPS) is 16.4. The SMILES string of the molecule is CC(O)C(N)C(=O)NC(CS)C(=O)NC(Cc1c[nH]c2ccccc12)C(=O)NC(C(=O)O)C(C)O. The van der Waals surface area contributed by atoms with Gasteiger partial charge < -0.3 is 42.0 Å². The van der Waals surface area contributed by atoms with Crippen LogP contribution in [0.1, 0.15) is 19.4 Å². The van der Waals surface area contributed by atoms with Crippen LogP contribution in [0.25, 0.3) is 10.9 Å². The summed E-state index contributed by atoms with van der Waals surface area (Å²) in [6.45, 7) is 2.53. The van der Waals surface area contributed by atoms with E-state index >= 15 is 0 Å². The Morgan fingerprint density at radius 2 is 1.57 bits per heavy atom. The maximum absolute atomic E-state index is 13.0. The van der Waals surface area contributed by atoms with Crippen LogP contribution in [-0.2, 0) is 25.6 Å². The number of amides is 3. The van der Waals surface area contributed by atoms with Crippen LogP contribution in [0, 0.1) is 0 Å². The van der Waals surface area contributed by atoms with Gasteiger partial charge in [0.15, 0.2) is 6.04 Å². The van der Waals surface area contributed by atoms with Crippen molar-refractivity contribution >= 4 is 47.2 Å². The first-order valence-corrected chi connectivity index (χ1v) is 11.5. The Balaban J connectivity index is 2.28. The Morgan fingerprint density at radius 1 is 0.971 bits per heavy atom. The molecule has 0 aliphatic heterocycles. The monoisotopic (exact) mass is 509 g/mol. The maximum atomic E-state index is 13.0. The average molecular weight is 510 g/mol. The van der Waals surface area contributed by atoms with Gasteiger partial charge in [0, 0.05) is 29.3 Å². The van der Waals surface area contributed by atoms with Crippen LogP contribution in [0.4, 0.5) is 0 Å². The summed E-state index contributed by atoms with van der Waals surface area (Å²) >= 11 is 4.08. The van der Waals surface area contributed by atoms with Crippen molar-refractivity contribution < 1.29 is 34.5 Å². The Kier molecular flexibility index (Phi) is 10.1. The van der Waals surface area contributed by atoms with Crippen LogP contribution in [0.2, 0.25) is 0 Å². The lowest BCUT2D eigenvalue weighted by Crippen LogP contribution is -2.59. The Labute approximate surface area is 207 Å². The summed E-state index contributed by atoms with van der Waals surface area (Å²) in [7, 11) is 0. The van der Waals surface area contributed by atoms with E-state index in [4.69, 9.17) is 5.73 Å². The summed E-state index contributed by atoms with van der Waals surface area (Å²) in [4.78, 5) is 52.7. The van der Waals surface area contributed by atoms with Crippen molar-refractivity contribution in [2.24, 2.45) is 5.73 Å². The van der Waals surface area contributed by atoms with Gasteiger partial charge in [0.2, 0.25) is 17.7 Å². The van der Waals surface area contributed by atoms with Gasteiger partial charge in [0.1, 0.15) is 18.1 Å². The number of para-hydroxylation sites is 1. The van der Waals surface area contributed by atoms with Gasteiger partial charge in [-0.15, -0.1) is 0 Å². The first-order valence-electron chi connectivity index (χ1n) is 10.9. The number of nitrogens with two attached hydrogens (primary N) is 1. The summed E-state index contributed by atoms with van der Waals surface area (Å²) in [5, 5.41) is 36.5. The van der Waals surface area contributed by atoms with E-state index in [0.29, 0.717) is 5.56 Å². The molecule has 0 spiro atoms. The maximum Gasteiger partial charge on any atom is 0.328 e. The number of thiol groups is 1. The van der Waals surface area contributed by atoms with Gasteiger partial charge in [-0.3, -0.25) is 14.4 Å². The first-order chi connectivity index (χ1) is 16.5. The van der Waals surface area contributed by atoms with E-state index in [1.807, 2.05) is 18.2 Å². The Morgan fingerprint density at radius 3 is 2.14 bits per heavy atom. The number of carbonyl (C=O) groups is 4. The molecule has 0 radical (unpaired) electrons. The standard InChI is InChI=1S/C22H31N5O7S/c1-10(28)17(23)21(32)26-16(9-35)20(31)25-15(19(30)27-18(11(2)29)22(33)34)7-12-8-24-14-6-4-3-5-13(12)14/h3-6,8,10-11,15-18,24,28-29,35H,7,9,23H2,1-2H3,(H,25,31)(H,26,32)(H,27,30)(H,33,34). The zero-order chi connectivity index (χ0) is 26.3. The third kappa shape index (κ3) is 7.42. The molecule has 0 saturated carbocycles. The fraction of sp³-hybridized carbons (Fsp3) is 0.455. The molecule has 35 heavy (non-hydrogen) atoms. The summed E-state index contributed by atoms with van der Waals surface area (Å²) in [5.74, 6) is -3.99. The van der Waals surface area contributed by atoms with Gasteiger partial charge in [-0.2, -0.15) is 12.6 Å². The zero-order valence-corrected chi connectivity index (χ0v) is 20.2. The van der Waals surface area contributed by atoms with Crippen molar-refractivity contribution in [3.63, 3.8) is 0 Å². The number of nitrogens with one attached hydrogen (secondary N) is 4. The van der Waals surface area contributed by atoms with Crippen molar-refractivity contribution in [3.05, 3.63) is 36.0 Å². The number of aliphatic hydroxyl groups is 2. The molecular weight excluding hydrogens is 478 g/mol. The highest BCUT2D eigenvalue weighted by Crippen LogP contribution is 2.19. The van der Waals surface area contributed by atoms with Crippen molar-refractivity contribution in [1.82, 2.24) is 20.9 Å². The smallest absolute Gasteiger partial charge is 0.328 e. The number of aliphatic carboxylic acids is 1. The van der Waals surface area contributed by atoms with Crippen LogP contribution < -0.4 is 21.7 Å². The lowest BCUT2D eigenvalue weighted by atomic mass is 10.0. The highest BCUT2D eigenvalue weighted by atomic mass is 32.1. The summed E-state index contributed by atoms with van der Waals surface area (Å²) in [5.41, 5.74) is 7.07. The number of aromatic nitrogens is 1. The lowest BCUT2D eigenvalue weighted by molar-refractivity contribution is -0.145. The number of fused-ring (bicyclic) bond motifs is 1. The molecule has 0 aliphatic carbocycles. The van der Waals surface area contributed by atoms with Gasteiger partial charge in [-0.05, 0) is 25.5 Å². The summed E-state index contributed by atoms with van der Waals surface area (Å²) in [6, 6.07) is 1.95. The third-order valence-electron chi connectivity index (χ3n) is 5.42. The molecule has 0 saturated heterocycles. The van der Waals surface area contributed by atoms with Gasteiger partial charge in [0.25, 0.3) is 0 Å². The van der Waals surface area contributed by atoms with Gasteiger partial charge >= 0.3 is 5.97 Å². The molecule has 1 aromatic heterocycles. The van der Waals surface area contributed by atoms with Crippen molar-refractivity contribution in [3.8, 4) is 0 Å². The van der Waals surface area contributed by atoms with Gasteiger partial charge in [-0.25, -0.2) is 4.79 Å². The highest BCUT2D eigenvalue weighted by molar-refractivity contribution is 7.80. The largest absolute Gasteiger partial charge is 0.480 e. The second-order valence-electron chi connectivity index (χ2n) is 8.20. The number of rotatable bonds is 12. The average Bonchev–Trinajstić information content (AvgIpc) is 3.21. The third-order valence-corrected chi connectivity index (χ3v) is 5.78. The number of hydrogen-bond acceptors (Lipinski definition) is 8. The number of carboxylic acid groups (broad SMARTS) is 1. The topological polar surface area (TPSA) is 207 Å². The summed E-state index contributed by atoms with van der Waals surface area (Å²) < 4.78 is 0. The van der Waals surface area contributed by atoms with E-state index in [-0.39, 0.29) is 12.2 Å². The molecule has 0 aliphatic rings. The predicted molar refractivity (Wildman–Crippen MR) is 131 cm³/mol. The molecule has 13 heteroatoms. The van der Waals surface area contributed by atoms with E-state index < -0.39 is 60.1 Å². The first kappa shape index (κ1) is 28.1. The van der Waals surface area contributed by atoms with Crippen molar-refractivity contribution in [2.75, 3.05) is 5.75 Å². The van der Waals surface area contributed by atoms with E-state index in [1.54, 1.807) is 12.3 Å². The number of carbonyl (C=O) groups excluding carboxylic acids is 3. The fourth-order valence-electron chi connectivity index (χ4n) is 3.33. The molecule has 3 amide bonds. The van der Waals surface area contributed by atoms with E-state index in [2.05, 4.69) is 33.6 Å². The molecular formula is C22H31N5O7S. The zero-order valence-electron chi connectivity index (χ0n) is 19.3. The second-order valence-corrected chi connectivity index (χ2v) is 8.57. The molecule has 2 aromatic rings. The molecule has 2 rings (SSSR count). The van der Waals surface area contributed by atoms with Crippen LogP contribution in [0.5, 0.6) is 0 Å². The molecule has 1 heterocycles. The molecule has 0 fully saturated rings. The van der Waals surface area contributed by atoms with Crippen LogP contribution in [0.15, 0.2) is 30.5 Å². The molecule has 12 nitrogen and oxygen atoms in total. The minimum Gasteiger partial charge on any atom is -0.480 e. The quantitative estimate of drug-likeness (QED) is 0.150. The molecule has 1 aromatic carbocycles. The predicted octanol–water partition coefficient (Wildman–Crippen LogP) is -1.73. The number of hydrogen-bond donors (Lipinski definition) is 9. The van der Waals surface area contributed by atoms with Crippen LogP contribution in [-0.4, -0.2) is 86.1 Å². The van der Waals surface area contributed by atoms with Crippen LogP contribution in [0.3, 0.4) is 0 Å². The van der Waals surface area contributed by atoms with Gasteiger partial charge in [-0.1, -0.05) is 18.2 Å². The Bertz CT molecular complexity index is 1060. The molecule has 9 N–H and O–H groups in total. The summed E-state index contributed by atoms with van der Waals surface area (Å²) in [6.07, 6.45) is -0.909. The van der Waals surface area contributed by atoms with E-state index in [0.717, 1.165) is 10.9 Å². The molecule has 6 atom stereocenters. The molecule has 6 unspecified atom stereocenters. The number of carboxylic acids is 1. The molecule has 192 valence electrons. The molecule has 0 bridgehead atoms. The lowest BCUT2D eigenvalue weighted by Gasteiger charge is -2.25. The number of H-pyrrole nitrogens is 1. The highest BCUT2D eigenvalue weighted by Gasteiger charge is 2.32.